The van der Waals surface area contributed by atoms with Crippen molar-refractivity contribution in [2.24, 2.45) is 5.41 Å². The quantitative estimate of drug-likeness (QED) is 0.169. The number of ether oxygens (including phenoxy) is 1. The molecule has 0 N–H and O–H groups in total. The maximum atomic E-state index is 11.9. The highest BCUT2D eigenvalue weighted by Crippen LogP contribution is 2.38. The van der Waals surface area contributed by atoms with E-state index in [-0.39, 0.29) is 17.5 Å². The summed E-state index contributed by atoms with van der Waals surface area (Å²) >= 11 is 0. The molecule has 0 aliphatic carbocycles. The maximum absolute atomic E-state index is 11.9. The predicted octanol–water partition coefficient (Wildman–Crippen LogP) is 7.22. The van der Waals surface area contributed by atoms with Gasteiger partial charge in [-0.25, -0.2) is 4.79 Å². The predicted molar refractivity (Wildman–Crippen MR) is 105 cm³/mol. The van der Waals surface area contributed by atoms with Crippen LogP contribution in [0.4, 0.5) is 0 Å². The van der Waals surface area contributed by atoms with Crippen LogP contribution in [0.3, 0.4) is 0 Å². The average molecular weight is 339 g/mol. The Kier molecular flexibility index (Phi) is 14.1. The molecular weight excluding hydrogens is 296 g/mol. The molecule has 0 fully saturated rings. The molecule has 0 radical (unpaired) electrons. The molecule has 0 aliphatic rings. The van der Waals surface area contributed by atoms with E-state index in [0.29, 0.717) is 0 Å². The van der Waals surface area contributed by atoms with Crippen molar-refractivity contribution in [3.8, 4) is 0 Å². The Bertz CT molecular complexity index is 324. The number of carbonyl (C=O) groups excluding carboxylic acids is 1. The molecule has 0 aliphatic heterocycles. The molecule has 0 amide bonds. The van der Waals surface area contributed by atoms with Gasteiger partial charge in [0.25, 0.3) is 0 Å². The van der Waals surface area contributed by atoms with E-state index in [1.54, 1.807) is 0 Å². The fraction of sp³-hybridized carbons (Fsp3) is 0.864. The molecule has 2 atom stereocenters. The molecule has 2 unspecified atom stereocenters. The Balaban J connectivity index is 4.90. The Morgan fingerprint density at radius 2 is 1.46 bits per heavy atom. The standard InChI is InChI=1S/C22H42O2/c1-6-10-13-15-17-20(24-21(23)9-4)22(5,18-12-8-3)19-16-14-11-7-2/h9,20H,4,6-8,10-19H2,1-3,5H3. The van der Waals surface area contributed by atoms with Crippen LogP contribution in [0.2, 0.25) is 0 Å². The molecule has 0 heterocycles. The van der Waals surface area contributed by atoms with E-state index < -0.39 is 0 Å². The summed E-state index contributed by atoms with van der Waals surface area (Å²) in [6.45, 7) is 12.6. The third-order valence-corrected chi connectivity index (χ3v) is 5.23. The minimum absolute atomic E-state index is 0.0352. The van der Waals surface area contributed by atoms with Gasteiger partial charge in [-0.05, 0) is 25.7 Å². The maximum Gasteiger partial charge on any atom is 0.330 e. The van der Waals surface area contributed by atoms with Crippen LogP contribution in [-0.4, -0.2) is 12.1 Å². The van der Waals surface area contributed by atoms with Gasteiger partial charge >= 0.3 is 5.97 Å². The van der Waals surface area contributed by atoms with Crippen LogP contribution in [0.15, 0.2) is 12.7 Å². The lowest BCUT2D eigenvalue weighted by atomic mass is 9.73. The fourth-order valence-electron chi connectivity index (χ4n) is 3.48. The second kappa shape index (κ2) is 14.5. The first kappa shape index (κ1) is 23.2. The van der Waals surface area contributed by atoms with Crippen molar-refractivity contribution in [2.75, 3.05) is 0 Å². The zero-order valence-corrected chi connectivity index (χ0v) is 16.9. The second-order valence-electron chi connectivity index (χ2n) is 7.55. The number of hydrogen-bond donors (Lipinski definition) is 0. The van der Waals surface area contributed by atoms with Crippen molar-refractivity contribution >= 4 is 5.97 Å². The van der Waals surface area contributed by atoms with Gasteiger partial charge < -0.3 is 4.74 Å². The average Bonchev–Trinajstić information content (AvgIpc) is 2.59. The number of carbonyl (C=O) groups is 1. The molecule has 0 aromatic rings. The second-order valence-corrected chi connectivity index (χ2v) is 7.55. The Morgan fingerprint density at radius 1 is 0.917 bits per heavy atom. The summed E-state index contributed by atoms with van der Waals surface area (Å²) in [7, 11) is 0. The van der Waals surface area contributed by atoms with E-state index in [2.05, 4.69) is 34.3 Å². The summed E-state index contributed by atoms with van der Waals surface area (Å²) in [6, 6.07) is 0. The topological polar surface area (TPSA) is 26.3 Å². The van der Waals surface area contributed by atoms with Gasteiger partial charge in [0, 0.05) is 11.5 Å². The minimum Gasteiger partial charge on any atom is -0.459 e. The number of hydrogen-bond acceptors (Lipinski definition) is 2. The first-order chi connectivity index (χ1) is 11.5. The zero-order valence-electron chi connectivity index (χ0n) is 16.9. The number of unbranched alkanes of at least 4 members (excludes halogenated alkanes) is 7. The van der Waals surface area contributed by atoms with Gasteiger partial charge in [-0.2, -0.15) is 0 Å². The Hall–Kier alpha value is -0.790. The van der Waals surface area contributed by atoms with Gasteiger partial charge in [-0.1, -0.05) is 92.1 Å². The molecule has 2 nitrogen and oxygen atoms in total. The van der Waals surface area contributed by atoms with Crippen LogP contribution in [0.1, 0.15) is 111 Å². The highest BCUT2D eigenvalue weighted by Gasteiger charge is 2.35. The Labute approximate surface area is 151 Å². The number of esters is 1. The highest BCUT2D eigenvalue weighted by molar-refractivity contribution is 5.81. The zero-order chi connectivity index (χ0) is 18.3. The highest BCUT2D eigenvalue weighted by atomic mass is 16.5. The van der Waals surface area contributed by atoms with Crippen LogP contribution in [-0.2, 0) is 9.53 Å². The van der Waals surface area contributed by atoms with Crippen molar-refractivity contribution < 1.29 is 9.53 Å². The van der Waals surface area contributed by atoms with Crippen LogP contribution >= 0.6 is 0 Å². The minimum atomic E-state index is -0.258. The van der Waals surface area contributed by atoms with E-state index in [1.807, 2.05) is 0 Å². The van der Waals surface area contributed by atoms with E-state index in [9.17, 15) is 4.79 Å². The van der Waals surface area contributed by atoms with E-state index in [0.717, 1.165) is 25.7 Å². The molecule has 0 saturated carbocycles. The van der Waals surface area contributed by atoms with Gasteiger partial charge in [0.15, 0.2) is 0 Å². The summed E-state index contributed by atoms with van der Waals surface area (Å²) in [6.07, 6.45) is 17.1. The first-order valence-corrected chi connectivity index (χ1v) is 10.4. The summed E-state index contributed by atoms with van der Waals surface area (Å²) in [5.74, 6) is -0.258. The molecular formula is C22H42O2. The first-order valence-electron chi connectivity index (χ1n) is 10.4. The van der Waals surface area contributed by atoms with Gasteiger partial charge in [-0.3, -0.25) is 0 Å². The van der Waals surface area contributed by atoms with Crippen LogP contribution in [0.5, 0.6) is 0 Å². The molecule has 2 heteroatoms. The normalized spacial score (nSPS) is 14.8. The lowest BCUT2D eigenvalue weighted by Crippen LogP contribution is -2.36. The van der Waals surface area contributed by atoms with Gasteiger partial charge in [0.05, 0.1) is 0 Å². The SMILES string of the molecule is C=CC(=O)OC(CCCCCC)C(C)(CCCC)CCCCCC. The van der Waals surface area contributed by atoms with Crippen LogP contribution in [0, 0.1) is 5.41 Å². The Morgan fingerprint density at radius 3 is 2.00 bits per heavy atom. The van der Waals surface area contributed by atoms with Crippen molar-refractivity contribution in [1.29, 1.82) is 0 Å². The van der Waals surface area contributed by atoms with E-state index >= 15 is 0 Å². The third kappa shape index (κ3) is 10.2. The molecule has 0 bridgehead atoms. The molecule has 0 rings (SSSR count). The largest absolute Gasteiger partial charge is 0.459 e. The smallest absolute Gasteiger partial charge is 0.330 e. The molecule has 0 saturated heterocycles. The monoisotopic (exact) mass is 338 g/mol. The van der Waals surface area contributed by atoms with Gasteiger partial charge in [0.1, 0.15) is 6.10 Å². The molecule has 0 aromatic carbocycles. The summed E-state index contributed by atoms with van der Waals surface area (Å²) < 4.78 is 5.84. The molecule has 0 aromatic heterocycles. The third-order valence-electron chi connectivity index (χ3n) is 5.23. The summed E-state index contributed by atoms with van der Waals surface area (Å²) in [5, 5.41) is 0. The summed E-state index contributed by atoms with van der Waals surface area (Å²) in [5.41, 5.74) is 0.106. The number of rotatable bonds is 16. The summed E-state index contributed by atoms with van der Waals surface area (Å²) in [4.78, 5) is 11.9. The van der Waals surface area contributed by atoms with E-state index in [1.165, 1.54) is 63.9 Å². The van der Waals surface area contributed by atoms with E-state index in [4.69, 9.17) is 4.74 Å². The van der Waals surface area contributed by atoms with Crippen molar-refractivity contribution in [1.82, 2.24) is 0 Å². The van der Waals surface area contributed by atoms with Crippen LogP contribution in [0.25, 0.3) is 0 Å². The van der Waals surface area contributed by atoms with Gasteiger partial charge in [-0.15, -0.1) is 0 Å². The van der Waals surface area contributed by atoms with Crippen molar-refractivity contribution in [3.05, 3.63) is 12.7 Å². The van der Waals surface area contributed by atoms with Crippen molar-refractivity contribution in [2.45, 2.75) is 117 Å². The molecule has 24 heavy (non-hydrogen) atoms. The van der Waals surface area contributed by atoms with Crippen molar-refractivity contribution in [3.63, 3.8) is 0 Å². The lowest BCUT2D eigenvalue weighted by Gasteiger charge is -2.37. The molecule has 0 spiro atoms. The fourth-order valence-corrected chi connectivity index (χ4v) is 3.48. The lowest BCUT2D eigenvalue weighted by molar-refractivity contribution is -0.151. The van der Waals surface area contributed by atoms with Gasteiger partial charge in [0.2, 0.25) is 0 Å². The molecule has 142 valence electrons. The van der Waals surface area contributed by atoms with Crippen LogP contribution < -0.4 is 0 Å².